The summed E-state index contributed by atoms with van der Waals surface area (Å²) < 4.78 is 10.3. The van der Waals surface area contributed by atoms with Crippen LogP contribution in [0.4, 0.5) is 0 Å². The summed E-state index contributed by atoms with van der Waals surface area (Å²) in [5.41, 5.74) is -0.571. The summed E-state index contributed by atoms with van der Waals surface area (Å²) in [5, 5.41) is 12.9. The van der Waals surface area contributed by atoms with Crippen molar-refractivity contribution >= 4 is 11.9 Å². The Kier molecular flexibility index (Phi) is 3.89. The number of rotatable bonds is 2. The molecule has 1 amide bonds. The lowest BCUT2D eigenvalue weighted by Gasteiger charge is -2.42. The number of ether oxygens (including phenoxy) is 2. The second-order valence-corrected chi connectivity index (χ2v) is 5.53. The van der Waals surface area contributed by atoms with Crippen molar-refractivity contribution in [3.63, 3.8) is 0 Å². The summed E-state index contributed by atoms with van der Waals surface area (Å²) in [7, 11) is 0. The van der Waals surface area contributed by atoms with Crippen LogP contribution in [-0.4, -0.2) is 54.4 Å². The molecule has 2 aliphatic heterocycles. The molecule has 0 aromatic heterocycles. The fourth-order valence-corrected chi connectivity index (χ4v) is 2.43. The van der Waals surface area contributed by atoms with Gasteiger partial charge >= 0.3 is 5.97 Å². The highest BCUT2D eigenvalue weighted by Crippen LogP contribution is 2.31. The molecule has 1 atom stereocenters. The molecule has 0 saturated carbocycles. The zero-order chi connectivity index (χ0) is 14.9. The molecule has 112 valence electrons. The molecule has 1 saturated heterocycles. The lowest BCUT2D eigenvalue weighted by molar-refractivity contribution is -0.144. The highest BCUT2D eigenvalue weighted by molar-refractivity contribution is 6.02. The third-order valence-corrected chi connectivity index (χ3v) is 3.46. The fraction of sp³-hybridized carbons (Fsp3) is 0.692. The molecular weight excluding hydrogens is 264 g/mol. The summed E-state index contributed by atoms with van der Waals surface area (Å²) in [6.45, 7) is 6.91. The van der Waals surface area contributed by atoms with E-state index in [9.17, 15) is 14.7 Å². The molecule has 0 radical (unpaired) electrons. The minimum atomic E-state index is -0.723. The van der Waals surface area contributed by atoms with Gasteiger partial charge in [-0.25, -0.2) is 4.79 Å². The highest BCUT2D eigenvalue weighted by Gasteiger charge is 2.45. The number of fused-ring (bicyclic) bond motifs is 1. The number of carbonyl (C=O) groups excluding carboxylic acids is 2. The number of carbonyl (C=O) groups is 2. The van der Waals surface area contributed by atoms with Gasteiger partial charge in [-0.15, -0.1) is 0 Å². The van der Waals surface area contributed by atoms with Gasteiger partial charge in [0.2, 0.25) is 5.76 Å². The second kappa shape index (κ2) is 5.32. The van der Waals surface area contributed by atoms with Gasteiger partial charge in [0.25, 0.3) is 5.91 Å². The molecule has 7 heteroatoms. The van der Waals surface area contributed by atoms with E-state index in [0.29, 0.717) is 19.8 Å². The van der Waals surface area contributed by atoms with Crippen LogP contribution in [-0.2, 0) is 19.1 Å². The highest BCUT2D eigenvalue weighted by atomic mass is 16.5. The molecule has 2 aliphatic rings. The molecule has 0 aromatic carbocycles. The van der Waals surface area contributed by atoms with Gasteiger partial charge < -0.3 is 24.8 Å². The van der Waals surface area contributed by atoms with Crippen LogP contribution in [0.5, 0.6) is 0 Å². The zero-order valence-electron chi connectivity index (χ0n) is 11.9. The molecule has 2 heterocycles. The third-order valence-electron chi connectivity index (χ3n) is 3.46. The summed E-state index contributed by atoms with van der Waals surface area (Å²) in [6, 6.07) is 0. The zero-order valence-corrected chi connectivity index (χ0v) is 11.9. The Morgan fingerprint density at radius 1 is 1.60 bits per heavy atom. The molecule has 2 N–H and O–H groups in total. The first-order chi connectivity index (χ1) is 9.38. The van der Waals surface area contributed by atoms with Gasteiger partial charge in [0.1, 0.15) is 6.17 Å². The predicted octanol–water partition coefficient (Wildman–Crippen LogP) is 0.133. The smallest absolute Gasteiger partial charge is 0.358 e. The number of hydrogen-bond donors (Lipinski definition) is 2. The fourth-order valence-electron chi connectivity index (χ4n) is 2.43. The molecule has 0 spiro atoms. The Labute approximate surface area is 117 Å². The van der Waals surface area contributed by atoms with Gasteiger partial charge in [-0.1, -0.05) is 13.8 Å². The lowest BCUT2D eigenvalue weighted by Crippen LogP contribution is -2.60. The van der Waals surface area contributed by atoms with E-state index >= 15 is 0 Å². The number of aliphatic hydroxyl groups excluding tert-OH is 1. The van der Waals surface area contributed by atoms with Crippen molar-refractivity contribution in [1.82, 2.24) is 10.2 Å². The number of nitrogens with zero attached hydrogens (tertiary/aromatic N) is 1. The first kappa shape index (κ1) is 14.6. The van der Waals surface area contributed by atoms with E-state index in [4.69, 9.17) is 9.47 Å². The number of amides is 1. The third kappa shape index (κ3) is 2.45. The van der Waals surface area contributed by atoms with Gasteiger partial charge in [-0.05, 0) is 6.92 Å². The van der Waals surface area contributed by atoms with Crippen molar-refractivity contribution in [3.05, 3.63) is 11.5 Å². The van der Waals surface area contributed by atoms with Gasteiger partial charge in [-0.2, -0.15) is 0 Å². The summed E-state index contributed by atoms with van der Waals surface area (Å²) >= 11 is 0. The predicted molar refractivity (Wildman–Crippen MR) is 69.5 cm³/mol. The van der Waals surface area contributed by atoms with E-state index in [1.807, 2.05) is 13.8 Å². The maximum absolute atomic E-state index is 12.2. The average molecular weight is 284 g/mol. The molecule has 7 nitrogen and oxygen atoms in total. The molecule has 1 fully saturated rings. The first-order valence-electron chi connectivity index (χ1n) is 6.64. The number of nitrogens with one attached hydrogen (secondary N) is 1. The molecule has 1 unspecified atom stereocenters. The van der Waals surface area contributed by atoms with Crippen LogP contribution in [0.15, 0.2) is 11.5 Å². The van der Waals surface area contributed by atoms with Crippen molar-refractivity contribution in [2.75, 3.05) is 26.4 Å². The Morgan fingerprint density at radius 3 is 2.95 bits per heavy atom. The quantitative estimate of drug-likeness (QED) is 0.701. The monoisotopic (exact) mass is 284 g/mol. The topological polar surface area (TPSA) is 88.1 Å². The normalized spacial score (nSPS) is 25.6. The summed E-state index contributed by atoms with van der Waals surface area (Å²) in [6.07, 6.45) is -0.423. The number of hydrogen-bond acceptors (Lipinski definition) is 6. The minimum Gasteiger partial charge on any atom is -0.501 e. The molecule has 20 heavy (non-hydrogen) atoms. The van der Waals surface area contributed by atoms with Gasteiger partial charge in [0.15, 0.2) is 5.70 Å². The van der Waals surface area contributed by atoms with Gasteiger partial charge in [0.05, 0.1) is 19.8 Å². The SMILES string of the molecule is CCOC(=O)C1=C(O)C(=O)N2CCOCC(C)(C)C2N1. The number of esters is 1. The molecule has 0 aliphatic carbocycles. The van der Waals surface area contributed by atoms with Crippen LogP contribution in [0.3, 0.4) is 0 Å². The van der Waals surface area contributed by atoms with E-state index in [2.05, 4.69) is 5.32 Å². The van der Waals surface area contributed by atoms with Crippen molar-refractivity contribution in [2.24, 2.45) is 5.41 Å². The van der Waals surface area contributed by atoms with E-state index in [1.165, 1.54) is 4.90 Å². The van der Waals surface area contributed by atoms with E-state index in [1.54, 1.807) is 6.92 Å². The Bertz CT molecular complexity index is 458. The van der Waals surface area contributed by atoms with Crippen LogP contribution in [0.2, 0.25) is 0 Å². The minimum absolute atomic E-state index is 0.173. The molecular formula is C13H20N2O5. The van der Waals surface area contributed by atoms with Crippen LogP contribution in [0.1, 0.15) is 20.8 Å². The van der Waals surface area contributed by atoms with Crippen molar-refractivity contribution in [1.29, 1.82) is 0 Å². The Morgan fingerprint density at radius 2 is 2.30 bits per heavy atom. The standard InChI is InChI=1S/C13H20N2O5/c1-4-20-11(18)8-9(16)10(17)15-5-6-19-7-13(2,3)12(15)14-8/h12,14,16H,4-7H2,1-3H3. The second-order valence-electron chi connectivity index (χ2n) is 5.53. The van der Waals surface area contributed by atoms with Gasteiger partial charge in [-0.3, -0.25) is 4.79 Å². The largest absolute Gasteiger partial charge is 0.501 e. The van der Waals surface area contributed by atoms with Crippen molar-refractivity contribution < 1.29 is 24.2 Å². The Hall–Kier alpha value is -1.76. The van der Waals surface area contributed by atoms with Crippen molar-refractivity contribution in [3.8, 4) is 0 Å². The maximum atomic E-state index is 12.2. The first-order valence-corrected chi connectivity index (χ1v) is 6.64. The Balaban J connectivity index is 2.36. The summed E-state index contributed by atoms with van der Waals surface area (Å²) in [5.74, 6) is -1.90. The van der Waals surface area contributed by atoms with Crippen LogP contribution in [0.25, 0.3) is 0 Å². The van der Waals surface area contributed by atoms with Crippen LogP contribution in [0, 0.1) is 5.41 Å². The molecule has 0 aromatic rings. The average Bonchev–Trinajstić information content (AvgIpc) is 2.53. The molecule has 0 bridgehead atoms. The number of aliphatic hydroxyl groups is 1. The van der Waals surface area contributed by atoms with E-state index in [0.717, 1.165) is 0 Å². The maximum Gasteiger partial charge on any atom is 0.358 e. The van der Waals surface area contributed by atoms with Crippen LogP contribution < -0.4 is 5.32 Å². The van der Waals surface area contributed by atoms with Crippen LogP contribution >= 0.6 is 0 Å². The molecule has 2 rings (SSSR count). The van der Waals surface area contributed by atoms with E-state index in [-0.39, 0.29) is 12.3 Å². The summed E-state index contributed by atoms with van der Waals surface area (Å²) in [4.78, 5) is 25.5. The lowest BCUT2D eigenvalue weighted by atomic mass is 9.88. The van der Waals surface area contributed by atoms with Gasteiger partial charge in [0, 0.05) is 12.0 Å². The van der Waals surface area contributed by atoms with Crippen molar-refractivity contribution in [2.45, 2.75) is 26.9 Å². The van der Waals surface area contributed by atoms with E-state index < -0.39 is 29.2 Å².